The van der Waals surface area contributed by atoms with E-state index < -0.39 is 44.6 Å². The van der Waals surface area contributed by atoms with Gasteiger partial charge in [-0.05, 0) is 102 Å². The number of amides is 2. The monoisotopic (exact) mass is 799 g/mol. The second-order valence-corrected chi connectivity index (χ2v) is 18.3. The Morgan fingerprint density at radius 2 is 1.79 bits per heavy atom. The van der Waals surface area contributed by atoms with E-state index in [1.165, 1.54) is 15.1 Å². The minimum atomic E-state index is -3.48. The summed E-state index contributed by atoms with van der Waals surface area (Å²) in [6.45, 7) is 6.33. The van der Waals surface area contributed by atoms with Gasteiger partial charge in [-0.3, -0.25) is 24.3 Å². The standard InChI is InChI=1S/C39H51F2N7O7S/c1-38(15-9-32(49)44-36(38)51)26-6-3-7-29(23-26)55-28-12-17-46(18-13-28)16-5-21-56(53,54)47-19-10-27(11-20-47)43-37-42-24-25-22-30(33(40)41)35(50)48(34(25)45-37)31-8-4-14-39(31,2)52/h3,6-7,22-24,27-28,31,33,52H,4-5,8-21H2,1-2H3,(H,42,43,45)(H,44,49,51)/t31-,38?,39-/m1/s1. The minimum Gasteiger partial charge on any atom is -0.490 e. The van der Waals surface area contributed by atoms with Crippen molar-refractivity contribution in [1.29, 1.82) is 0 Å². The molecule has 1 saturated carbocycles. The van der Waals surface area contributed by atoms with Crippen LogP contribution in [0.1, 0.15) is 102 Å². The van der Waals surface area contributed by atoms with Gasteiger partial charge in [0.1, 0.15) is 17.5 Å². The molecule has 14 nitrogen and oxygen atoms in total. The minimum absolute atomic E-state index is 0.00154. The first kappa shape index (κ1) is 40.1. The van der Waals surface area contributed by atoms with Crippen molar-refractivity contribution in [3.05, 3.63) is 58.0 Å². The van der Waals surface area contributed by atoms with Crippen molar-refractivity contribution in [1.82, 2.24) is 29.1 Å². The third kappa shape index (κ3) is 8.46. The topological polar surface area (TPSA) is 176 Å². The van der Waals surface area contributed by atoms with Crippen molar-refractivity contribution in [3.8, 4) is 5.75 Å². The van der Waals surface area contributed by atoms with Crippen LogP contribution < -0.4 is 20.9 Å². The van der Waals surface area contributed by atoms with Gasteiger partial charge in [0, 0.05) is 50.2 Å². The van der Waals surface area contributed by atoms with Crippen LogP contribution in [0.15, 0.2) is 41.3 Å². The fourth-order valence-corrected chi connectivity index (χ4v) is 10.2. The molecule has 0 bridgehead atoms. The number of anilines is 1. The van der Waals surface area contributed by atoms with Crippen molar-refractivity contribution in [3.63, 3.8) is 0 Å². The molecule has 1 unspecified atom stereocenters. The van der Waals surface area contributed by atoms with Crippen LogP contribution in [0.2, 0.25) is 0 Å². The average Bonchev–Trinajstić information content (AvgIpc) is 3.51. The Hall–Kier alpha value is -4.06. The van der Waals surface area contributed by atoms with Crippen molar-refractivity contribution in [2.45, 2.75) is 114 Å². The molecule has 304 valence electrons. The fourth-order valence-electron chi connectivity index (χ4n) is 8.69. The maximum absolute atomic E-state index is 13.8. The van der Waals surface area contributed by atoms with Gasteiger partial charge < -0.3 is 20.1 Å². The summed E-state index contributed by atoms with van der Waals surface area (Å²) in [5, 5.41) is 17.0. The molecule has 3 aliphatic heterocycles. The Morgan fingerprint density at radius 3 is 2.46 bits per heavy atom. The maximum atomic E-state index is 13.8. The Kier molecular flexibility index (Phi) is 11.5. The number of aliphatic hydroxyl groups is 1. The molecule has 2 aromatic heterocycles. The van der Waals surface area contributed by atoms with Crippen molar-refractivity contribution in [2.24, 2.45) is 0 Å². The van der Waals surface area contributed by atoms with E-state index in [0.29, 0.717) is 76.8 Å². The number of benzene rings is 1. The van der Waals surface area contributed by atoms with Crippen molar-refractivity contribution >= 4 is 38.8 Å². The molecule has 56 heavy (non-hydrogen) atoms. The van der Waals surface area contributed by atoms with Gasteiger partial charge in [-0.1, -0.05) is 12.1 Å². The first-order valence-electron chi connectivity index (χ1n) is 19.6. The second-order valence-electron chi connectivity index (χ2n) is 16.2. The molecule has 3 aromatic rings. The Labute approximate surface area is 325 Å². The average molecular weight is 800 g/mol. The molecule has 4 fully saturated rings. The number of nitrogens with one attached hydrogen (secondary N) is 2. The van der Waals surface area contributed by atoms with Crippen LogP contribution in [0.25, 0.3) is 11.0 Å². The Balaban J connectivity index is 0.876. The lowest BCUT2D eigenvalue weighted by Crippen LogP contribution is -2.49. The van der Waals surface area contributed by atoms with E-state index in [9.17, 15) is 36.7 Å². The fraction of sp³-hybridized carbons (Fsp3) is 0.615. The SMILES string of the molecule is CC1(c2cccc(OC3CCN(CCCS(=O)(=O)N4CCC(Nc5ncc6cc(C(F)F)c(=O)n([C@@H]7CCC[C@@]7(C)O)c6n5)CC4)CC3)c2)CCC(=O)NC1=O. The third-order valence-corrected chi connectivity index (χ3v) is 14.2. The number of carbonyl (C=O) groups excluding carboxylic acids is 2. The number of likely N-dealkylation sites (tertiary alicyclic amines) is 1. The number of imide groups is 1. The van der Waals surface area contributed by atoms with E-state index in [2.05, 4.69) is 25.5 Å². The number of sulfonamides is 1. The van der Waals surface area contributed by atoms with Gasteiger partial charge in [0.15, 0.2) is 0 Å². The second kappa shape index (κ2) is 16.1. The van der Waals surface area contributed by atoms with Gasteiger partial charge >= 0.3 is 0 Å². The summed E-state index contributed by atoms with van der Waals surface area (Å²) >= 11 is 0. The summed E-state index contributed by atoms with van der Waals surface area (Å²) in [6, 6.07) is 7.79. The highest BCUT2D eigenvalue weighted by Crippen LogP contribution is 2.40. The zero-order chi connectivity index (χ0) is 39.8. The van der Waals surface area contributed by atoms with Gasteiger partial charge in [0.25, 0.3) is 12.0 Å². The van der Waals surface area contributed by atoms with E-state index in [0.717, 1.165) is 37.6 Å². The molecule has 17 heteroatoms. The van der Waals surface area contributed by atoms with Gasteiger partial charge in [0.2, 0.25) is 27.8 Å². The number of carbonyl (C=O) groups is 2. The zero-order valence-electron chi connectivity index (χ0n) is 31.9. The number of piperidine rings is 3. The summed E-state index contributed by atoms with van der Waals surface area (Å²) in [7, 11) is -3.48. The number of ether oxygens (including phenoxy) is 1. The lowest BCUT2D eigenvalue weighted by Gasteiger charge is -2.34. The Bertz CT molecular complexity index is 2120. The van der Waals surface area contributed by atoms with Crippen LogP contribution in [0.5, 0.6) is 5.75 Å². The van der Waals surface area contributed by atoms with Crippen LogP contribution in [-0.4, -0.2) is 105 Å². The molecule has 4 aliphatic rings. The van der Waals surface area contributed by atoms with Gasteiger partial charge in [-0.15, -0.1) is 0 Å². The molecule has 3 saturated heterocycles. The number of rotatable bonds is 12. The molecule has 7 rings (SSSR count). The van der Waals surface area contributed by atoms with E-state index in [4.69, 9.17) is 4.74 Å². The van der Waals surface area contributed by atoms with E-state index in [-0.39, 0.29) is 46.7 Å². The molecule has 2 amide bonds. The van der Waals surface area contributed by atoms with Crippen LogP contribution in [0.3, 0.4) is 0 Å². The molecular formula is C39H51F2N7O7S. The molecule has 1 aromatic carbocycles. The van der Waals surface area contributed by atoms with Gasteiger partial charge in [-0.25, -0.2) is 26.5 Å². The normalized spacial score (nSPS) is 26.2. The molecule has 5 heterocycles. The number of halogens is 2. The maximum Gasteiger partial charge on any atom is 0.269 e. The first-order valence-corrected chi connectivity index (χ1v) is 21.2. The van der Waals surface area contributed by atoms with Crippen LogP contribution in [-0.2, 0) is 25.0 Å². The number of nitrogens with zero attached hydrogens (tertiary/aromatic N) is 5. The van der Waals surface area contributed by atoms with Crippen molar-refractivity contribution < 1.29 is 36.6 Å². The van der Waals surface area contributed by atoms with Crippen LogP contribution in [0, 0.1) is 0 Å². The summed E-state index contributed by atoms with van der Waals surface area (Å²) in [5.41, 5.74) is -2.59. The quantitative estimate of drug-likeness (QED) is 0.226. The van der Waals surface area contributed by atoms with Crippen LogP contribution >= 0.6 is 0 Å². The molecule has 3 atom stereocenters. The third-order valence-electron chi connectivity index (χ3n) is 12.2. The van der Waals surface area contributed by atoms with Gasteiger partial charge in [0.05, 0.1) is 28.4 Å². The number of hydrogen-bond acceptors (Lipinski definition) is 11. The number of alkyl halides is 2. The molecule has 0 radical (unpaired) electrons. The largest absolute Gasteiger partial charge is 0.490 e. The highest BCUT2D eigenvalue weighted by atomic mass is 32.2. The molecule has 1 aliphatic carbocycles. The number of fused-ring (bicyclic) bond motifs is 1. The summed E-state index contributed by atoms with van der Waals surface area (Å²) in [6.07, 6.45) is 3.80. The summed E-state index contributed by atoms with van der Waals surface area (Å²) in [5.74, 6) is 0.395. The number of pyridine rings is 1. The van der Waals surface area contributed by atoms with E-state index in [1.807, 2.05) is 31.2 Å². The predicted molar refractivity (Wildman–Crippen MR) is 205 cm³/mol. The van der Waals surface area contributed by atoms with Crippen molar-refractivity contribution in [2.75, 3.05) is 43.8 Å². The summed E-state index contributed by atoms with van der Waals surface area (Å²) < 4.78 is 63.3. The Morgan fingerprint density at radius 1 is 1.04 bits per heavy atom. The first-order chi connectivity index (χ1) is 26.6. The smallest absolute Gasteiger partial charge is 0.269 e. The number of aromatic nitrogens is 3. The molecule has 0 spiro atoms. The lowest BCUT2D eigenvalue weighted by molar-refractivity contribution is -0.137. The van der Waals surface area contributed by atoms with E-state index >= 15 is 0 Å². The molecular weight excluding hydrogens is 749 g/mol. The highest BCUT2D eigenvalue weighted by molar-refractivity contribution is 7.89. The number of hydrogen-bond donors (Lipinski definition) is 3. The van der Waals surface area contributed by atoms with E-state index in [1.54, 1.807) is 6.92 Å². The van der Waals surface area contributed by atoms with Gasteiger partial charge in [-0.2, -0.15) is 4.98 Å². The lowest BCUT2D eigenvalue weighted by atomic mass is 9.75. The molecule has 3 N–H and O–H groups in total. The summed E-state index contributed by atoms with van der Waals surface area (Å²) in [4.78, 5) is 48.7. The van der Waals surface area contributed by atoms with Crippen LogP contribution in [0.4, 0.5) is 14.7 Å². The predicted octanol–water partition coefficient (Wildman–Crippen LogP) is 4.04. The highest BCUT2D eigenvalue weighted by Gasteiger charge is 2.41. The zero-order valence-corrected chi connectivity index (χ0v) is 32.7.